The number of unbranched alkanes of at least 4 members (excludes halogenated alkanes) is 6. The van der Waals surface area contributed by atoms with Gasteiger partial charge < -0.3 is 9.47 Å². The molecule has 2 aromatic carbocycles. The van der Waals surface area contributed by atoms with E-state index in [-0.39, 0.29) is 4.90 Å². The number of hydrazone groups is 1. The van der Waals surface area contributed by atoms with E-state index in [2.05, 4.69) is 16.9 Å². The van der Waals surface area contributed by atoms with Crippen molar-refractivity contribution >= 4 is 16.2 Å². The Morgan fingerprint density at radius 3 is 2.33 bits per heavy atom. The Balaban J connectivity index is 1.84. The molecule has 0 fully saturated rings. The highest BCUT2D eigenvalue weighted by molar-refractivity contribution is 7.89. The molecule has 7 heteroatoms. The van der Waals surface area contributed by atoms with Gasteiger partial charge in [-0.15, -0.1) is 0 Å². The molecule has 2 rings (SSSR count). The van der Waals surface area contributed by atoms with Crippen LogP contribution in [0.5, 0.6) is 11.5 Å². The van der Waals surface area contributed by atoms with Crippen LogP contribution >= 0.6 is 0 Å². The normalized spacial score (nSPS) is 11.5. The lowest BCUT2D eigenvalue weighted by atomic mass is 10.1. The average Bonchev–Trinajstić information content (AvgIpc) is 2.76. The third-order valence-electron chi connectivity index (χ3n) is 4.63. The molecule has 0 aromatic heterocycles. The van der Waals surface area contributed by atoms with Gasteiger partial charge in [-0.2, -0.15) is 13.5 Å². The number of sulfonamides is 1. The Hall–Kier alpha value is -2.54. The fourth-order valence-electron chi connectivity index (χ4n) is 2.95. The van der Waals surface area contributed by atoms with Gasteiger partial charge in [0.25, 0.3) is 10.0 Å². The van der Waals surface area contributed by atoms with Crippen LogP contribution in [0.4, 0.5) is 0 Å². The number of hydrogen-bond acceptors (Lipinski definition) is 5. The van der Waals surface area contributed by atoms with E-state index in [1.807, 2.05) is 12.1 Å². The monoisotopic (exact) mass is 432 g/mol. The number of hydrogen-bond donors (Lipinski definition) is 1. The summed E-state index contributed by atoms with van der Waals surface area (Å²) in [5, 5.41) is 3.85. The van der Waals surface area contributed by atoms with Gasteiger partial charge in [-0.25, -0.2) is 4.83 Å². The Morgan fingerprint density at radius 2 is 1.63 bits per heavy atom. The molecule has 2 aromatic rings. The summed E-state index contributed by atoms with van der Waals surface area (Å²) in [6.45, 7) is 2.87. The zero-order chi connectivity index (χ0) is 21.7. The Bertz CT molecular complexity index is 883. The molecule has 0 amide bonds. The predicted molar refractivity (Wildman–Crippen MR) is 121 cm³/mol. The number of nitrogens with one attached hydrogen (secondary N) is 1. The first-order chi connectivity index (χ1) is 14.6. The van der Waals surface area contributed by atoms with Crippen LogP contribution in [-0.4, -0.2) is 28.3 Å². The van der Waals surface area contributed by atoms with Crippen molar-refractivity contribution in [2.45, 2.75) is 56.8 Å². The topological polar surface area (TPSA) is 77.0 Å². The Labute approximate surface area is 180 Å². The molecule has 0 aliphatic carbocycles. The van der Waals surface area contributed by atoms with E-state index in [1.165, 1.54) is 56.9 Å². The van der Waals surface area contributed by atoms with E-state index in [9.17, 15) is 8.42 Å². The summed E-state index contributed by atoms with van der Waals surface area (Å²) in [5.74, 6) is 1.26. The first kappa shape index (κ1) is 23.7. The minimum Gasteiger partial charge on any atom is -0.493 e. The molecule has 30 heavy (non-hydrogen) atoms. The number of ether oxygens (including phenoxy) is 2. The molecule has 0 heterocycles. The van der Waals surface area contributed by atoms with E-state index in [0.29, 0.717) is 23.7 Å². The van der Waals surface area contributed by atoms with Crippen molar-refractivity contribution in [1.29, 1.82) is 0 Å². The number of rotatable bonds is 14. The minimum absolute atomic E-state index is 0.161. The second-order valence-corrected chi connectivity index (χ2v) is 8.71. The van der Waals surface area contributed by atoms with Gasteiger partial charge in [0.1, 0.15) is 0 Å². The summed E-state index contributed by atoms with van der Waals surface area (Å²) in [6, 6.07) is 13.5. The van der Waals surface area contributed by atoms with Gasteiger partial charge in [0.15, 0.2) is 11.5 Å². The number of methoxy groups -OCH3 is 1. The third-order valence-corrected chi connectivity index (χ3v) is 5.87. The summed E-state index contributed by atoms with van der Waals surface area (Å²) in [5.41, 5.74) is 0.700. The van der Waals surface area contributed by atoms with Crippen molar-refractivity contribution in [1.82, 2.24) is 4.83 Å². The van der Waals surface area contributed by atoms with Gasteiger partial charge in [-0.05, 0) is 42.3 Å². The standard InChI is InChI=1S/C23H32N2O4S/c1-3-4-5-6-7-8-12-17-29-22-16-15-20(18-23(22)28-2)19-24-25-30(26,27)21-13-10-9-11-14-21/h9-11,13-16,18-19,25H,3-8,12,17H2,1-2H3/b24-19+. The van der Waals surface area contributed by atoms with Crippen LogP contribution in [0.1, 0.15) is 57.4 Å². The van der Waals surface area contributed by atoms with E-state index in [1.54, 1.807) is 31.4 Å². The van der Waals surface area contributed by atoms with Gasteiger partial charge in [0, 0.05) is 0 Å². The second kappa shape index (κ2) is 12.9. The largest absolute Gasteiger partial charge is 0.493 e. The molecule has 0 spiro atoms. The first-order valence-electron chi connectivity index (χ1n) is 10.5. The van der Waals surface area contributed by atoms with E-state index < -0.39 is 10.0 Å². The van der Waals surface area contributed by atoms with Crippen molar-refractivity contribution in [3.63, 3.8) is 0 Å². The summed E-state index contributed by atoms with van der Waals surface area (Å²) in [4.78, 5) is 2.37. The molecule has 0 aliphatic rings. The maximum absolute atomic E-state index is 12.2. The van der Waals surface area contributed by atoms with Gasteiger partial charge in [0.05, 0.1) is 24.8 Å². The molecule has 164 valence electrons. The summed E-state index contributed by atoms with van der Waals surface area (Å²) in [7, 11) is -2.10. The molecule has 0 radical (unpaired) electrons. The molecule has 6 nitrogen and oxygen atoms in total. The molecule has 1 N–H and O–H groups in total. The molecular weight excluding hydrogens is 400 g/mol. The maximum Gasteiger partial charge on any atom is 0.276 e. The zero-order valence-electron chi connectivity index (χ0n) is 17.8. The van der Waals surface area contributed by atoms with Crippen molar-refractivity contribution in [2.24, 2.45) is 5.10 Å². The van der Waals surface area contributed by atoms with Gasteiger partial charge in [0.2, 0.25) is 0 Å². The van der Waals surface area contributed by atoms with Gasteiger partial charge in [-0.1, -0.05) is 63.6 Å². The summed E-state index contributed by atoms with van der Waals surface area (Å²) < 4.78 is 35.6. The molecule has 0 bridgehead atoms. The SMILES string of the molecule is CCCCCCCCCOc1ccc(/C=N/NS(=O)(=O)c2ccccc2)cc1OC. The van der Waals surface area contributed by atoms with Crippen molar-refractivity contribution in [3.05, 3.63) is 54.1 Å². The zero-order valence-corrected chi connectivity index (χ0v) is 18.7. The molecular formula is C23H32N2O4S. The van der Waals surface area contributed by atoms with Crippen LogP contribution in [0, 0.1) is 0 Å². The lowest BCUT2D eigenvalue weighted by Crippen LogP contribution is -2.18. The van der Waals surface area contributed by atoms with E-state index >= 15 is 0 Å². The van der Waals surface area contributed by atoms with Gasteiger partial charge >= 0.3 is 0 Å². The Morgan fingerprint density at radius 1 is 0.933 bits per heavy atom. The fraction of sp³-hybridized carbons (Fsp3) is 0.435. The van der Waals surface area contributed by atoms with Crippen LogP contribution in [0.2, 0.25) is 0 Å². The molecule has 0 saturated carbocycles. The van der Waals surface area contributed by atoms with Crippen LogP contribution in [0.25, 0.3) is 0 Å². The fourth-order valence-corrected chi connectivity index (χ4v) is 3.76. The lowest BCUT2D eigenvalue weighted by molar-refractivity contribution is 0.284. The van der Waals surface area contributed by atoms with Crippen molar-refractivity contribution in [2.75, 3.05) is 13.7 Å². The first-order valence-corrected chi connectivity index (χ1v) is 12.0. The minimum atomic E-state index is -3.68. The number of benzene rings is 2. The summed E-state index contributed by atoms with van der Waals surface area (Å²) in [6.07, 6.45) is 10.0. The van der Waals surface area contributed by atoms with Crippen LogP contribution in [0.15, 0.2) is 58.5 Å². The maximum atomic E-state index is 12.2. The van der Waals surface area contributed by atoms with Crippen molar-refractivity contribution in [3.8, 4) is 11.5 Å². The van der Waals surface area contributed by atoms with Crippen LogP contribution < -0.4 is 14.3 Å². The quantitative estimate of drug-likeness (QED) is 0.255. The highest BCUT2D eigenvalue weighted by Gasteiger charge is 2.11. The highest BCUT2D eigenvalue weighted by Crippen LogP contribution is 2.27. The molecule has 0 unspecified atom stereocenters. The molecule has 0 saturated heterocycles. The van der Waals surface area contributed by atoms with Crippen LogP contribution in [-0.2, 0) is 10.0 Å². The second-order valence-electron chi connectivity index (χ2n) is 7.05. The van der Waals surface area contributed by atoms with E-state index in [4.69, 9.17) is 9.47 Å². The average molecular weight is 433 g/mol. The van der Waals surface area contributed by atoms with E-state index in [0.717, 1.165) is 6.42 Å². The number of nitrogens with zero attached hydrogens (tertiary/aromatic N) is 1. The smallest absolute Gasteiger partial charge is 0.276 e. The van der Waals surface area contributed by atoms with Gasteiger partial charge in [-0.3, -0.25) is 0 Å². The highest BCUT2D eigenvalue weighted by atomic mass is 32.2. The van der Waals surface area contributed by atoms with Crippen molar-refractivity contribution < 1.29 is 17.9 Å². The summed E-state index contributed by atoms with van der Waals surface area (Å²) >= 11 is 0. The third kappa shape index (κ3) is 8.06. The molecule has 0 aliphatic heterocycles. The Kier molecular flexibility index (Phi) is 10.2. The van der Waals surface area contributed by atoms with Crippen LogP contribution in [0.3, 0.4) is 0 Å². The lowest BCUT2D eigenvalue weighted by Gasteiger charge is -2.11. The molecule has 0 atom stereocenters. The predicted octanol–water partition coefficient (Wildman–Crippen LogP) is 5.14.